The van der Waals surface area contributed by atoms with E-state index in [2.05, 4.69) is 16.5 Å². The molecule has 0 saturated carbocycles. The Morgan fingerprint density at radius 2 is 2.08 bits per heavy atom. The van der Waals surface area contributed by atoms with Crippen LogP contribution in [0.25, 0.3) is 11.0 Å². The monoisotopic (exact) mass is 365 g/mol. The smallest absolute Gasteiger partial charge is 0.231 e. The molecule has 0 bridgehead atoms. The van der Waals surface area contributed by atoms with E-state index in [0.717, 1.165) is 47.8 Å². The number of aromatic nitrogens is 1. The molecule has 1 aliphatic rings. The Morgan fingerprint density at radius 3 is 2.88 bits per heavy atom. The minimum Gasteiger partial charge on any atom is -0.356 e. The van der Waals surface area contributed by atoms with E-state index in [1.54, 1.807) is 0 Å². The third kappa shape index (κ3) is 2.89. The Morgan fingerprint density at radius 1 is 1.31 bits per heavy atom. The van der Waals surface area contributed by atoms with E-state index < -0.39 is 0 Å². The van der Waals surface area contributed by atoms with Crippen LogP contribution in [0.15, 0.2) is 16.7 Å². The van der Waals surface area contributed by atoms with Gasteiger partial charge in [0.05, 0.1) is 12.0 Å². The van der Waals surface area contributed by atoms with Crippen LogP contribution in [0.5, 0.6) is 0 Å². The average molecular weight is 365 g/mol. The molecule has 5 nitrogen and oxygen atoms in total. The van der Waals surface area contributed by atoms with Gasteiger partial charge in [0, 0.05) is 10.3 Å². The van der Waals surface area contributed by atoms with Crippen LogP contribution < -0.4 is 5.32 Å². The van der Waals surface area contributed by atoms with E-state index in [1.165, 1.54) is 16.2 Å². The lowest BCUT2D eigenvalue weighted by Crippen LogP contribution is -2.14. The molecule has 1 N–H and O–H groups in total. The highest BCUT2D eigenvalue weighted by Crippen LogP contribution is 2.37. The van der Waals surface area contributed by atoms with Gasteiger partial charge >= 0.3 is 0 Å². The van der Waals surface area contributed by atoms with Gasteiger partial charge in [-0.05, 0) is 68.4 Å². The topological polar surface area (TPSA) is 78.9 Å². The first kappa shape index (κ1) is 16.8. The summed E-state index contributed by atoms with van der Waals surface area (Å²) in [6.07, 6.45) is 4.31. The van der Waals surface area contributed by atoms with Crippen molar-refractivity contribution in [1.29, 1.82) is 5.26 Å². The van der Waals surface area contributed by atoms with Crippen molar-refractivity contribution < 1.29 is 9.32 Å². The van der Waals surface area contributed by atoms with Gasteiger partial charge in [-0.15, -0.1) is 11.3 Å². The summed E-state index contributed by atoms with van der Waals surface area (Å²) in [5.74, 6) is -0.173. The molecule has 0 atom stereocenters. The Labute approximate surface area is 155 Å². The average Bonchev–Trinajstić information content (AvgIpc) is 3.16. The molecule has 0 unspecified atom stereocenters. The molecule has 0 fully saturated rings. The maximum absolute atomic E-state index is 12.6. The number of nitrogens with zero attached hydrogens (tertiary/aromatic N) is 2. The fourth-order valence-corrected chi connectivity index (χ4v) is 4.72. The highest BCUT2D eigenvalue weighted by molar-refractivity contribution is 7.16. The van der Waals surface area contributed by atoms with Crippen molar-refractivity contribution in [3.05, 3.63) is 45.0 Å². The van der Waals surface area contributed by atoms with E-state index in [4.69, 9.17) is 4.52 Å². The SMILES string of the molecule is Cc1cc2onc(CC(=O)Nc3sc4c(c3C#N)CCCC4)c2cc1C. The minimum atomic E-state index is -0.173. The van der Waals surface area contributed by atoms with Crippen molar-refractivity contribution in [2.24, 2.45) is 0 Å². The quantitative estimate of drug-likeness (QED) is 0.744. The Bertz CT molecular complexity index is 1060. The van der Waals surface area contributed by atoms with Gasteiger partial charge in [-0.25, -0.2) is 0 Å². The number of carbonyl (C=O) groups excluding carboxylic acids is 1. The molecular weight excluding hydrogens is 346 g/mol. The predicted octanol–water partition coefficient (Wildman–Crippen LogP) is 4.44. The number of nitrogens with one attached hydrogen (secondary N) is 1. The first-order valence-corrected chi connectivity index (χ1v) is 9.58. The van der Waals surface area contributed by atoms with Crippen LogP contribution in [0.2, 0.25) is 0 Å². The number of benzene rings is 1. The van der Waals surface area contributed by atoms with Gasteiger partial charge in [0.1, 0.15) is 16.8 Å². The molecule has 6 heteroatoms. The molecular formula is C20H19N3O2S. The summed E-state index contributed by atoms with van der Waals surface area (Å²) in [4.78, 5) is 13.8. The highest BCUT2D eigenvalue weighted by atomic mass is 32.1. The maximum atomic E-state index is 12.6. The number of amides is 1. The Balaban J connectivity index is 1.58. The van der Waals surface area contributed by atoms with Crippen LogP contribution in [0.4, 0.5) is 5.00 Å². The zero-order valence-corrected chi connectivity index (χ0v) is 15.6. The van der Waals surface area contributed by atoms with Crippen molar-refractivity contribution in [3.63, 3.8) is 0 Å². The number of aryl methyl sites for hydroxylation is 3. The van der Waals surface area contributed by atoms with E-state index in [1.807, 2.05) is 26.0 Å². The van der Waals surface area contributed by atoms with Gasteiger partial charge in [0.2, 0.25) is 5.91 Å². The second-order valence-corrected chi connectivity index (χ2v) is 7.92. The first-order chi connectivity index (χ1) is 12.6. The summed E-state index contributed by atoms with van der Waals surface area (Å²) in [5.41, 5.74) is 5.35. The van der Waals surface area contributed by atoms with Crippen LogP contribution in [-0.4, -0.2) is 11.1 Å². The van der Waals surface area contributed by atoms with Gasteiger partial charge in [0.25, 0.3) is 0 Å². The zero-order valence-electron chi connectivity index (χ0n) is 14.8. The number of carbonyl (C=O) groups is 1. The fourth-order valence-electron chi connectivity index (χ4n) is 3.47. The maximum Gasteiger partial charge on any atom is 0.231 e. The molecule has 132 valence electrons. The molecule has 0 radical (unpaired) electrons. The van der Waals surface area contributed by atoms with Crippen molar-refractivity contribution in [3.8, 4) is 6.07 Å². The van der Waals surface area contributed by atoms with Gasteiger partial charge < -0.3 is 9.84 Å². The number of thiophene rings is 1. The Kier molecular flexibility index (Phi) is 4.25. The molecule has 4 rings (SSSR count). The second-order valence-electron chi connectivity index (χ2n) is 6.81. The van der Waals surface area contributed by atoms with Crippen LogP contribution in [0, 0.1) is 25.2 Å². The van der Waals surface area contributed by atoms with Crippen molar-refractivity contribution in [2.45, 2.75) is 46.0 Å². The molecule has 1 amide bonds. The number of anilines is 1. The summed E-state index contributed by atoms with van der Waals surface area (Å²) in [6, 6.07) is 6.23. The first-order valence-electron chi connectivity index (χ1n) is 8.77. The zero-order chi connectivity index (χ0) is 18.3. The second kappa shape index (κ2) is 6.58. The lowest BCUT2D eigenvalue weighted by atomic mass is 9.96. The van der Waals surface area contributed by atoms with Crippen LogP contribution in [0.1, 0.15) is 45.7 Å². The minimum absolute atomic E-state index is 0.128. The summed E-state index contributed by atoms with van der Waals surface area (Å²) in [7, 11) is 0. The van der Waals surface area contributed by atoms with E-state index >= 15 is 0 Å². The lowest BCUT2D eigenvalue weighted by Gasteiger charge is -2.09. The largest absolute Gasteiger partial charge is 0.356 e. The van der Waals surface area contributed by atoms with E-state index in [-0.39, 0.29) is 12.3 Å². The fraction of sp³-hybridized carbons (Fsp3) is 0.350. The standard InChI is InChI=1S/C20H19N3O2S/c1-11-7-14-16(23-25-17(14)8-12(11)2)9-19(24)22-20-15(10-21)13-5-3-4-6-18(13)26-20/h7-8H,3-6,9H2,1-2H3,(H,22,24). The predicted molar refractivity (Wildman–Crippen MR) is 101 cm³/mol. The normalized spacial score (nSPS) is 13.4. The number of rotatable bonds is 3. The summed E-state index contributed by atoms with van der Waals surface area (Å²) in [5, 5.41) is 18.0. The molecule has 0 spiro atoms. The molecule has 1 aromatic carbocycles. The summed E-state index contributed by atoms with van der Waals surface area (Å²) in [6.45, 7) is 4.05. The number of hydrogen-bond acceptors (Lipinski definition) is 5. The molecule has 0 saturated heterocycles. The van der Waals surface area contributed by atoms with Crippen LogP contribution >= 0.6 is 11.3 Å². The Hall–Kier alpha value is -2.65. The number of hydrogen-bond donors (Lipinski definition) is 1. The van der Waals surface area contributed by atoms with Gasteiger partial charge in [-0.2, -0.15) is 5.26 Å². The van der Waals surface area contributed by atoms with Crippen LogP contribution in [0.3, 0.4) is 0 Å². The molecule has 0 aliphatic heterocycles. The van der Waals surface area contributed by atoms with Gasteiger partial charge in [-0.1, -0.05) is 5.16 Å². The van der Waals surface area contributed by atoms with E-state index in [0.29, 0.717) is 21.8 Å². The lowest BCUT2D eigenvalue weighted by molar-refractivity contribution is -0.115. The summed E-state index contributed by atoms with van der Waals surface area (Å²) >= 11 is 1.54. The van der Waals surface area contributed by atoms with Crippen molar-refractivity contribution >= 4 is 33.2 Å². The summed E-state index contributed by atoms with van der Waals surface area (Å²) < 4.78 is 5.37. The third-order valence-corrected chi connectivity index (χ3v) is 6.23. The van der Waals surface area contributed by atoms with Gasteiger partial charge in [-0.3, -0.25) is 4.79 Å². The van der Waals surface area contributed by atoms with Crippen molar-refractivity contribution in [2.75, 3.05) is 5.32 Å². The van der Waals surface area contributed by atoms with E-state index in [9.17, 15) is 10.1 Å². The molecule has 3 aromatic rings. The highest BCUT2D eigenvalue weighted by Gasteiger charge is 2.22. The number of fused-ring (bicyclic) bond motifs is 2. The molecule has 1 aliphatic carbocycles. The third-order valence-electron chi connectivity index (χ3n) is 5.03. The molecule has 26 heavy (non-hydrogen) atoms. The van der Waals surface area contributed by atoms with Crippen molar-refractivity contribution in [1.82, 2.24) is 5.16 Å². The van der Waals surface area contributed by atoms with Gasteiger partial charge in [0.15, 0.2) is 5.58 Å². The van der Waals surface area contributed by atoms with Crippen LogP contribution in [-0.2, 0) is 24.1 Å². The molecule has 2 heterocycles. The number of nitriles is 1. The molecule has 2 aromatic heterocycles.